The van der Waals surface area contributed by atoms with Gasteiger partial charge in [0.2, 0.25) is 5.78 Å². The highest BCUT2D eigenvalue weighted by Gasteiger charge is 2.37. The number of fused-ring (bicyclic) bond motifs is 2. The molecule has 2 aromatic rings. The van der Waals surface area contributed by atoms with E-state index in [9.17, 15) is 35.1 Å². The van der Waals surface area contributed by atoms with E-state index < -0.39 is 51.6 Å². The van der Waals surface area contributed by atoms with Gasteiger partial charge in [0.15, 0.2) is 5.78 Å². The van der Waals surface area contributed by atoms with Crippen molar-refractivity contribution in [2.75, 3.05) is 0 Å². The summed E-state index contributed by atoms with van der Waals surface area (Å²) in [4.78, 5) is 25.3. The largest absolute Gasteiger partial charge is 0.507 e. The van der Waals surface area contributed by atoms with E-state index in [-0.39, 0.29) is 22.3 Å². The van der Waals surface area contributed by atoms with E-state index in [1.54, 1.807) is 0 Å². The van der Waals surface area contributed by atoms with Crippen LogP contribution in [0.5, 0.6) is 17.2 Å². The molecule has 0 amide bonds. The van der Waals surface area contributed by atoms with Crippen LogP contribution in [0.3, 0.4) is 0 Å². The Morgan fingerprint density at radius 3 is 2.08 bits per heavy atom. The molecular formula is C17H13ClO7. The molecule has 0 spiro atoms. The number of aromatic hydroxyl groups is 3. The first-order chi connectivity index (χ1) is 11.6. The number of ketones is 2. The van der Waals surface area contributed by atoms with Crippen molar-refractivity contribution in [1.82, 2.24) is 0 Å². The van der Waals surface area contributed by atoms with Crippen LogP contribution in [0.1, 0.15) is 50.4 Å². The predicted octanol–water partition coefficient (Wildman–Crippen LogP) is 1.65. The standard InChI is InChI=1S/C17H13ClO7/c1-5(19)14(22)6-2-7-11(9(20)3-6)16(24)12-8(15(7)23)4-10(21)13(18)17(12)25/h2-5,14,19-22,25H,1H3/t5-,14+/m0/s1. The molecule has 1 aliphatic carbocycles. The van der Waals surface area contributed by atoms with Crippen LogP contribution in [0.4, 0.5) is 0 Å². The Balaban J connectivity index is 2.29. The summed E-state index contributed by atoms with van der Waals surface area (Å²) >= 11 is 5.71. The average molecular weight is 365 g/mol. The Bertz CT molecular complexity index is 933. The number of aliphatic hydroxyl groups excluding tert-OH is 2. The Labute approximate surface area is 146 Å². The lowest BCUT2D eigenvalue weighted by Crippen LogP contribution is -2.23. The maximum Gasteiger partial charge on any atom is 0.202 e. The van der Waals surface area contributed by atoms with E-state index >= 15 is 0 Å². The van der Waals surface area contributed by atoms with Crippen LogP contribution < -0.4 is 0 Å². The molecule has 25 heavy (non-hydrogen) atoms. The van der Waals surface area contributed by atoms with E-state index in [0.717, 1.165) is 12.1 Å². The molecule has 7 nitrogen and oxygen atoms in total. The zero-order valence-electron chi connectivity index (χ0n) is 12.8. The summed E-state index contributed by atoms with van der Waals surface area (Å²) in [5.74, 6) is -3.51. The number of carbonyl (C=O) groups excluding carboxylic acids is 2. The van der Waals surface area contributed by atoms with E-state index in [0.29, 0.717) is 0 Å². The van der Waals surface area contributed by atoms with Gasteiger partial charge in [0.1, 0.15) is 28.4 Å². The molecule has 0 aromatic heterocycles. The highest BCUT2D eigenvalue weighted by atomic mass is 35.5. The van der Waals surface area contributed by atoms with Gasteiger partial charge in [0.25, 0.3) is 0 Å². The lowest BCUT2D eigenvalue weighted by Gasteiger charge is -2.22. The van der Waals surface area contributed by atoms with Crippen molar-refractivity contribution in [2.24, 2.45) is 0 Å². The second-order valence-corrected chi connectivity index (χ2v) is 6.17. The number of aliphatic hydroxyl groups is 2. The van der Waals surface area contributed by atoms with E-state index in [1.807, 2.05) is 0 Å². The molecule has 5 N–H and O–H groups in total. The van der Waals surface area contributed by atoms with Gasteiger partial charge in [-0.25, -0.2) is 0 Å². The van der Waals surface area contributed by atoms with Gasteiger partial charge in [-0.15, -0.1) is 0 Å². The molecule has 0 radical (unpaired) electrons. The quantitative estimate of drug-likeness (QED) is 0.466. The van der Waals surface area contributed by atoms with Crippen LogP contribution in [0.15, 0.2) is 18.2 Å². The Morgan fingerprint density at radius 1 is 0.880 bits per heavy atom. The van der Waals surface area contributed by atoms with Crippen LogP contribution in [0.2, 0.25) is 5.02 Å². The lowest BCUT2D eigenvalue weighted by molar-refractivity contribution is 0.0303. The topological polar surface area (TPSA) is 135 Å². The average Bonchev–Trinajstić information content (AvgIpc) is 2.55. The van der Waals surface area contributed by atoms with Gasteiger partial charge in [-0.1, -0.05) is 11.6 Å². The van der Waals surface area contributed by atoms with Gasteiger partial charge < -0.3 is 25.5 Å². The normalized spacial score (nSPS) is 15.5. The van der Waals surface area contributed by atoms with Crippen LogP contribution in [-0.2, 0) is 0 Å². The van der Waals surface area contributed by atoms with E-state index in [1.165, 1.54) is 13.0 Å². The van der Waals surface area contributed by atoms with Gasteiger partial charge in [-0.2, -0.15) is 0 Å². The Hall–Kier alpha value is -2.61. The molecule has 0 saturated heterocycles. The molecule has 0 bridgehead atoms. The van der Waals surface area contributed by atoms with Crippen LogP contribution in [0.25, 0.3) is 0 Å². The molecule has 1 aliphatic rings. The molecule has 0 saturated carbocycles. The lowest BCUT2D eigenvalue weighted by atomic mass is 9.81. The molecule has 8 heteroatoms. The summed E-state index contributed by atoms with van der Waals surface area (Å²) in [5, 5.41) is 48.8. The van der Waals surface area contributed by atoms with Crippen LogP contribution >= 0.6 is 11.6 Å². The third kappa shape index (κ3) is 2.44. The first-order valence-corrected chi connectivity index (χ1v) is 7.59. The maximum atomic E-state index is 12.7. The van der Waals surface area contributed by atoms with Crippen LogP contribution in [-0.4, -0.2) is 43.2 Å². The van der Waals surface area contributed by atoms with Crippen molar-refractivity contribution in [3.63, 3.8) is 0 Å². The molecule has 2 atom stereocenters. The fraction of sp³-hybridized carbons (Fsp3) is 0.176. The van der Waals surface area contributed by atoms with Crippen molar-refractivity contribution in [2.45, 2.75) is 19.1 Å². The molecular weight excluding hydrogens is 352 g/mol. The van der Waals surface area contributed by atoms with Gasteiger partial charge in [-0.3, -0.25) is 9.59 Å². The molecule has 0 heterocycles. The number of hydrogen-bond acceptors (Lipinski definition) is 7. The van der Waals surface area contributed by atoms with Crippen molar-refractivity contribution in [3.8, 4) is 17.2 Å². The smallest absolute Gasteiger partial charge is 0.202 e. The third-order valence-electron chi connectivity index (χ3n) is 4.10. The van der Waals surface area contributed by atoms with Gasteiger partial charge in [-0.05, 0) is 30.7 Å². The summed E-state index contributed by atoms with van der Waals surface area (Å²) in [7, 11) is 0. The number of phenols is 3. The second-order valence-electron chi connectivity index (χ2n) is 5.79. The van der Waals surface area contributed by atoms with Crippen molar-refractivity contribution in [3.05, 3.63) is 51.0 Å². The zero-order valence-corrected chi connectivity index (χ0v) is 13.6. The SMILES string of the molecule is C[C@H](O)[C@@H](O)c1cc(O)c2c(c1)C(=O)c1cc(O)c(Cl)c(O)c1C2=O. The summed E-state index contributed by atoms with van der Waals surface area (Å²) in [6.45, 7) is 1.32. The maximum absolute atomic E-state index is 12.7. The monoisotopic (exact) mass is 364 g/mol. The number of phenolic OH excluding ortho intramolecular Hbond substituents is 3. The molecule has 0 unspecified atom stereocenters. The first kappa shape index (κ1) is 17.2. The zero-order chi connectivity index (χ0) is 18.6. The number of carbonyl (C=O) groups is 2. The number of benzene rings is 2. The Morgan fingerprint density at radius 2 is 1.48 bits per heavy atom. The summed E-state index contributed by atoms with van der Waals surface area (Å²) in [5.41, 5.74) is -1.22. The van der Waals surface area contributed by atoms with Gasteiger partial charge in [0.05, 0.1) is 17.2 Å². The first-order valence-electron chi connectivity index (χ1n) is 7.22. The Kier molecular flexibility index (Phi) is 3.95. The predicted molar refractivity (Wildman–Crippen MR) is 86.4 cm³/mol. The minimum Gasteiger partial charge on any atom is -0.507 e. The minimum absolute atomic E-state index is 0.0401. The highest BCUT2D eigenvalue weighted by molar-refractivity contribution is 6.37. The molecule has 2 aromatic carbocycles. The fourth-order valence-corrected chi connectivity index (χ4v) is 2.97. The number of hydrogen-bond donors (Lipinski definition) is 5. The summed E-state index contributed by atoms with van der Waals surface area (Å²) in [6.07, 6.45) is -2.56. The van der Waals surface area contributed by atoms with Crippen molar-refractivity contribution >= 4 is 23.2 Å². The summed E-state index contributed by atoms with van der Waals surface area (Å²) < 4.78 is 0. The molecule has 0 fully saturated rings. The number of rotatable bonds is 2. The third-order valence-corrected chi connectivity index (χ3v) is 4.47. The van der Waals surface area contributed by atoms with Crippen LogP contribution in [0, 0.1) is 0 Å². The minimum atomic E-state index is -1.38. The van der Waals surface area contributed by atoms with E-state index in [4.69, 9.17) is 11.6 Å². The second kappa shape index (κ2) is 5.73. The molecule has 3 rings (SSSR count). The molecule has 130 valence electrons. The fourth-order valence-electron chi connectivity index (χ4n) is 2.83. The highest BCUT2D eigenvalue weighted by Crippen LogP contribution is 2.44. The van der Waals surface area contributed by atoms with Gasteiger partial charge >= 0.3 is 0 Å². The molecule has 0 aliphatic heterocycles. The van der Waals surface area contributed by atoms with Gasteiger partial charge in [0, 0.05) is 11.1 Å². The van der Waals surface area contributed by atoms with Crippen molar-refractivity contribution < 1.29 is 35.1 Å². The summed E-state index contributed by atoms with van der Waals surface area (Å²) in [6, 6.07) is 3.19. The van der Waals surface area contributed by atoms with E-state index in [2.05, 4.69) is 0 Å². The number of halogens is 1. The van der Waals surface area contributed by atoms with Crippen molar-refractivity contribution in [1.29, 1.82) is 0 Å².